The zero-order chi connectivity index (χ0) is 16.3. The average Bonchev–Trinajstić information content (AvgIpc) is 2.42. The molecule has 0 spiro atoms. The van der Waals surface area contributed by atoms with Gasteiger partial charge in [0.2, 0.25) is 0 Å². The molecule has 2 unspecified atom stereocenters. The van der Waals surface area contributed by atoms with Crippen LogP contribution < -0.4 is 4.74 Å². The number of ether oxygens (including phenoxy) is 1. The number of hydrogen-bond donors (Lipinski definition) is 1. The summed E-state index contributed by atoms with van der Waals surface area (Å²) in [5, 5.41) is 10.2. The van der Waals surface area contributed by atoms with Crippen LogP contribution in [0, 0.1) is 13.8 Å². The van der Waals surface area contributed by atoms with E-state index in [9.17, 15) is 9.32 Å². The number of rotatable bonds is 5. The molecule has 0 aromatic heterocycles. The van der Waals surface area contributed by atoms with Crippen molar-refractivity contribution in [3.8, 4) is 5.75 Å². The van der Waals surface area contributed by atoms with Crippen LogP contribution in [-0.2, 0) is 10.8 Å². The van der Waals surface area contributed by atoms with Gasteiger partial charge in [0.05, 0.1) is 4.75 Å². The van der Waals surface area contributed by atoms with Crippen molar-refractivity contribution < 1.29 is 14.1 Å². The first kappa shape index (κ1) is 17.4. The Bertz CT molecular complexity index is 524. The van der Waals surface area contributed by atoms with E-state index in [0.29, 0.717) is 12.3 Å². The monoisotopic (exact) mass is 325 g/mol. The molecule has 5 heteroatoms. The van der Waals surface area contributed by atoms with E-state index in [0.717, 1.165) is 30.0 Å². The van der Waals surface area contributed by atoms with Crippen molar-refractivity contribution in [1.82, 2.24) is 4.90 Å². The lowest BCUT2D eigenvalue weighted by atomic mass is 10.1. The summed E-state index contributed by atoms with van der Waals surface area (Å²) in [7, 11) is -0.780. The molecule has 2 atom stereocenters. The van der Waals surface area contributed by atoms with Gasteiger partial charge in [-0.15, -0.1) is 0 Å². The number of aliphatic hydroxyl groups is 1. The average molecular weight is 325 g/mol. The molecule has 1 aromatic carbocycles. The van der Waals surface area contributed by atoms with Crippen molar-refractivity contribution in [2.45, 2.75) is 38.5 Å². The molecule has 1 saturated heterocycles. The number of para-hydroxylation sites is 1. The maximum atomic E-state index is 11.9. The Morgan fingerprint density at radius 3 is 2.59 bits per heavy atom. The minimum Gasteiger partial charge on any atom is -0.490 e. The first-order valence-electron chi connectivity index (χ1n) is 7.77. The van der Waals surface area contributed by atoms with Crippen LogP contribution in [0.5, 0.6) is 5.75 Å². The molecule has 1 N–H and O–H groups in total. The van der Waals surface area contributed by atoms with Crippen molar-refractivity contribution in [2.24, 2.45) is 0 Å². The highest BCUT2D eigenvalue weighted by atomic mass is 32.2. The first-order valence-corrected chi connectivity index (χ1v) is 9.09. The first-order chi connectivity index (χ1) is 10.3. The molecular weight excluding hydrogens is 298 g/mol. The van der Waals surface area contributed by atoms with Crippen LogP contribution in [0.4, 0.5) is 0 Å². The summed E-state index contributed by atoms with van der Waals surface area (Å²) in [6.45, 7) is 10.4. The zero-order valence-corrected chi connectivity index (χ0v) is 14.8. The molecule has 1 heterocycles. The van der Waals surface area contributed by atoms with Crippen LogP contribution in [0.2, 0.25) is 0 Å². The predicted octanol–water partition coefficient (Wildman–Crippen LogP) is 1.89. The van der Waals surface area contributed by atoms with Gasteiger partial charge in [0.25, 0.3) is 0 Å². The van der Waals surface area contributed by atoms with Gasteiger partial charge in [-0.2, -0.15) is 0 Å². The Kier molecular flexibility index (Phi) is 5.64. The summed E-state index contributed by atoms with van der Waals surface area (Å²) >= 11 is 0. The molecule has 0 bridgehead atoms. The molecule has 1 fully saturated rings. The predicted molar refractivity (Wildman–Crippen MR) is 90.9 cm³/mol. The molecule has 1 aromatic rings. The van der Waals surface area contributed by atoms with Crippen LogP contribution in [0.1, 0.15) is 25.0 Å². The molecule has 1 aliphatic heterocycles. The Balaban J connectivity index is 1.86. The van der Waals surface area contributed by atoms with Gasteiger partial charge < -0.3 is 9.84 Å². The summed E-state index contributed by atoms with van der Waals surface area (Å²) in [6.07, 6.45) is -0.540. The number of hydrogen-bond acceptors (Lipinski definition) is 4. The molecule has 0 aliphatic carbocycles. The summed E-state index contributed by atoms with van der Waals surface area (Å²) < 4.78 is 17.5. The van der Waals surface area contributed by atoms with E-state index in [1.165, 1.54) is 0 Å². The lowest BCUT2D eigenvalue weighted by Gasteiger charge is -2.38. The Morgan fingerprint density at radius 1 is 1.36 bits per heavy atom. The van der Waals surface area contributed by atoms with Crippen molar-refractivity contribution in [1.29, 1.82) is 0 Å². The standard InChI is InChI=1S/C17H27NO3S/c1-13-6-5-7-14(2)16(13)21-11-15(19)10-18-8-9-22(20)17(3,4)12-18/h5-7,15,19H,8-12H2,1-4H3. The highest BCUT2D eigenvalue weighted by molar-refractivity contribution is 7.86. The van der Waals surface area contributed by atoms with E-state index in [1.807, 2.05) is 45.9 Å². The van der Waals surface area contributed by atoms with Crippen molar-refractivity contribution in [3.05, 3.63) is 29.3 Å². The second-order valence-electron chi connectivity index (χ2n) is 6.73. The van der Waals surface area contributed by atoms with Crippen molar-refractivity contribution in [2.75, 3.05) is 32.0 Å². The second kappa shape index (κ2) is 7.11. The molecule has 0 radical (unpaired) electrons. The zero-order valence-electron chi connectivity index (χ0n) is 14.0. The topological polar surface area (TPSA) is 49.8 Å². The molecule has 22 heavy (non-hydrogen) atoms. The molecule has 0 saturated carbocycles. The molecule has 0 amide bonds. The van der Waals surface area contributed by atoms with Crippen LogP contribution >= 0.6 is 0 Å². The van der Waals surface area contributed by atoms with Gasteiger partial charge in [-0.25, -0.2) is 0 Å². The number of benzene rings is 1. The van der Waals surface area contributed by atoms with Gasteiger partial charge in [0, 0.05) is 36.2 Å². The Morgan fingerprint density at radius 2 is 2.00 bits per heavy atom. The molecule has 4 nitrogen and oxygen atoms in total. The second-order valence-corrected chi connectivity index (χ2v) is 8.93. The fourth-order valence-corrected chi connectivity index (χ4v) is 4.19. The minimum atomic E-state index is -0.780. The van der Waals surface area contributed by atoms with E-state index in [1.54, 1.807) is 0 Å². The van der Waals surface area contributed by atoms with E-state index in [2.05, 4.69) is 4.90 Å². The van der Waals surface area contributed by atoms with Crippen LogP contribution in [0.25, 0.3) is 0 Å². The summed E-state index contributed by atoms with van der Waals surface area (Å²) in [5.41, 5.74) is 2.17. The van der Waals surface area contributed by atoms with Gasteiger partial charge in [0.1, 0.15) is 18.5 Å². The fraction of sp³-hybridized carbons (Fsp3) is 0.647. The fourth-order valence-electron chi connectivity index (χ4n) is 2.89. The van der Waals surface area contributed by atoms with E-state index in [-0.39, 0.29) is 11.4 Å². The van der Waals surface area contributed by atoms with E-state index < -0.39 is 16.9 Å². The van der Waals surface area contributed by atoms with Gasteiger partial charge in [-0.3, -0.25) is 9.11 Å². The smallest absolute Gasteiger partial charge is 0.125 e. The summed E-state index contributed by atoms with van der Waals surface area (Å²) in [4.78, 5) is 2.18. The quantitative estimate of drug-likeness (QED) is 0.898. The number of β-amino-alcohol motifs (C(OH)–C–C–N with tert-alkyl or cyclic N) is 1. The van der Waals surface area contributed by atoms with Crippen LogP contribution in [0.15, 0.2) is 18.2 Å². The lowest BCUT2D eigenvalue weighted by Crippen LogP contribution is -2.52. The largest absolute Gasteiger partial charge is 0.490 e. The molecule has 124 valence electrons. The third kappa shape index (κ3) is 4.31. The van der Waals surface area contributed by atoms with Crippen molar-refractivity contribution in [3.63, 3.8) is 0 Å². The summed E-state index contributed by atoms with van der Waals surface area (Å²) in [6, 6.07) is 6.03. The maximum absolute atomic E-state index is 11.9. The highest BCUT2D eigenvalue weighted by Crippen LogP contribution is 2.23. The lowest BCUT2D eigenvalue weighted by molar-refractivity contribution is 0.0657. The SMILES string of the molecule is Cc1cccc(C)c1OCC(O)CN1CCS(=O)C(C)(C)C1. The number of aryl methyl sites for hydroxylation is 2. The Hall–Kier alpha value is -0.910. The van der Waals surface area contributed by atoms with Gasteiger partial charge in [0.15, 0.2) is 0 Å². The van der Waals surface area contributed by atoms with E-state index in [4.69, 9.17) is 4.74 Å². The highest BCUT2D eigenvalue weighted by Gasteiger charge is 2.33. The number of aliphatic hydroxyl groups excluding tert-OH is 1. The minimum absolute atomic E-state index is 0.203. The number of nitrogens with zero attached hydrogens (tertiary/aromatic N) is 1. The van der Waals surface area contributed by atoms with Gasteiger partial charge >= 0.3 is 0 Å². The van der Waals surface area contributed by atoms with Crippen LogP contribution in [-0.4, -0.2) is 57.1 Å². The maximum Gasteiger partial charge on any atom is 0.125 e. The van der Waals surface area contributed by atoms with Gasteiger partial charge in [-0.05, 0) is 38.8 Å². The summed E-state index contributed by atoms with van der Waals surface area (Å²) in [5.74, 6) is 1.54. The molecule has 1 aliphatic rings. The molecular formula is C17H27NO3S. The van der Waals surface area contributed by atoms with Crippen molar-refractivity contribution >= 4 is 10.8 Å². The molecule has 2 rings (SSSR count). The normalized spacial score (nSPS) is 23.2. The Labute approximate surface area is 135 Å². The third-order valence-electron chi connectivity index (χ3n) is 4.11. The van der Waals surface area contributed by atoms with E-state index >= 15 is 0 Å². The van der Waals surface area contributed by atoms with Crippen LogP contribution in [0.3, 0.4) is 0 Å². The third-order valence-corrected chi connectivity index (χ3v) is 6.03. The van der Waals surface area contributed by atoms with Gasteiger partial charge in [-0.1, -0.05) is 18.2 Å².